The molecule has 0 saturated carbocycles. The molecule has 1 unspecified atom stereocenters. The number of hydrogen-bond acceptors (Lipinski definition) is 5. The maximum Gasteiger partial charge on any atom is 0.144 e. The van der Waals surface area contributed by atoms with Crippen LogP contribution in [0.1, 0.15) is 23.7 Å². The summed E-state index contributed by atoms with van der Waals surface area (Å²) in [4.78, 5) is 9.33. The van der Waals surface area contributed by atoms with Crippen LogP contribution in [0.5, 0.6) is 0 Å². The second-order valence-corrected chi connectivity index (χ2v) is 7.33. The van der Waals surface area contributed by atoms with Gasteiger partial charge >= 0.3 is 0 Å². The van der Waals surface area contributed by atoms with Crippen molar-refractivity contribution in [2.75, 3.05) is 29.1 Å². The van der Waals surface area contributed by atoms with Crippen molar-refractivity contribution in [1.29, 1.82) is 0 Å². The van der Waals surface area contributed by atoms with E-state index in [0.717, 1.165) is 33.2 Å². The molecule has 0 radical (unpaired) electrons. The molecular weight excluding hydrogens is 365 g/mol. The highest BCUT2D eigenvalue weighted by Crippen LogP contribution is 2.36. The monoisotopic (exact) mass is 381 g/mol. The molecule has 2 rings (SSSR count). The Bertz CT molecular complexity index is 395. The zero-order valence-electron chi connectivity index (χ0n) is 9.99. The van der Waals surface area contributed by atoms with E-state index in [1.54, 1.807) is 0 Å². The van der Waals surface area contributed by atoms with Crippen molar-refractivity contribution in [1.82, 2.24) is 9.97 Å². The van der Waals surface area contributed by atoms with Crippen LogP contribution < -0.4 is 5.32 Å². The summed E-state index contributed by atoms with van der Waals surface area (Å²) >= 11 is 6.30. The zero-order valence-corrected chi connectivity index (χ0v) is 13.8. The number of anilines is 1. The first-order valence-electron chi connectivity index (χ1n) is 5.69. The number of aryl methyl sites for hydroxylation is 1. The molecule has 1 aromatic rings. The van der Waals surface area contributed by atoms with E-state index < -0.39 is 0 Å². The van der Waals surface area contributed by atoms with Gasteiger partial charge in [-0.05, 0) is 36.4 Å². The molecule has 1 aliphatic heterocycles. The summed E-state index contributed by atoms with van der Waals surface area (Å²) in [5.74, 6) is 5.59. The second kappa shape index (κ2) is 6.47. The van der Waals surface area contributed by atoms with Crippen molar-refractivity contribution in [2.45, 2.75) is 19.1 Å². The molecule has 1 aromatic heterocycles. The molecule has 0 spiro atoms. The third-order valence-corrected chi connectivity index (χ3v) is 6.52. The minimum atomic E-state index is 0.460. The van der Waals surface area contributed by atoms with Gasteiger partial charge in [-0.15, -0.1) is 11.8 Å². The summed E-state index contributed by atoms with van der Waals surface area (Å²) in [6.07, 6.45) is 0. The highest BCUT2D eigenvalue weighted by atomic mass is 127. The van der Waals surface area contributed by atoms with E-state index in [4.69, 9.17) is 0 Å². The fourth-order valence-electron chi connectivity index (χ4n) is 1.65. The summed E-state index contributed by atoms with van der Waals surface area (Å²) in [5, 5.41) is 3.78. The minimum Gasteiger partial charge on any atom is -0.369 e. The first-order chi connectivity index (χ1) is 8.22. The summed E-state index contributed by atoms with van der Waals surface area (Å²) < 4.78 is 1.14. The molecule has 94 valence electrons. The Labute approximate surface area is 124 Å². The first-order valence-corrected chi connectivity index (χ1v) is 8.97. The largest absolute Gasteiger partial charge is 0.369 e. The third-order valence-electron chi connectivity index (χ3n) is 2.48. The van der Waals surface area contributed by atoms with Gasteiger partial charge in [0.05, 0.1) is 14.5 Å². The van der Waals surface area contributed by atoms with Gasteiger partial charge in [0.2, 0.25) is 0 Å². The normalized spacial score (nSPS) is 20.3. The van der Waals surface area contributed by atoms with Gasteiger partial charge in [-0.25, -0.2) is 9.97 Å². The summed E-state index contributed by atoms with van der Waals surface area (Å²) in [6, 6.07) is 0. The number of nitrogens with one attached hydrogen (secondary N) is 1. The molecule has 1 fully saturated rings. The fraction of sp³-hybridized carbons (Fsp3) is 0.636. The lowest BCUT2D eigenvalue weighted by Crippen LogP contribution is -2.14. The Balaban J connectivity index is 2.27. The van der Waals surface area contributed by atoms with Gasteiger partial charge in [0.25, 0.3) is 0 Å². The predicted octanol–water partition coefficient (Wildman–Crippen LogP) is 3.34. The lowest BCUT2D eigenvalue weighted by Gasteiger charge is -2.21. The van der Waals surface area contributed by atoms with Gasteiger partial charge in [-0.1, -0.05) is 0 Å². The van der Waals surface area contributed by atoms with Crippen molar-refractivity contribution in [3.63, 3.8) is 0 Å². The molecule has 6 heteroatoms. The summed E-state index contributed by atoms with van der Waals surface area (Å²) in [5.41, 5.74) is 1.09. The van der Waals surface area contributed by atoms with Crippen LogP contribution in [0.3, 0.4) is 0 Å². The number of halogens is 1. The molecule has 2 heterocycles. The molecule has 3 nitrogen and oxygen atoms in total. The Morgan fingerprint density at radius 1 is 1.41 bits per heavy atom. The molecule has 0 aliphatic carbocycles. The van der Waals surface area contributed by atoms with Gasteiger partial charge < -0.3 is 5.32 Å². The average Bonchev–Trinajstić information content (AvgIpc) is 2.36. The molecule has 1 saturated heterocycles. The molecule has 1 aliphatic rings. The lowest BCUT2D eigenvalue weighted by atomic mass is 10.3. The van der Waals surface area contributed by atoms with E-state index in [1.807, 2.05) is 23.5 Å². The molecular formula is C11H16IN3S2. The minimum absolute atomic E-state index is 0.460. The van der Waals surface area contributed by atoms with Crippen LogP contribution in [0, 0.1) is 10.5 Å². The van der Waals surface area contributed by atoms with Crippen molar-refractivity contribution in [3.05, 3.63) is 15.1 Å². The summed E-state index contributed by atoms with van der Waals surface area (Å²) in [7, 11) is 0. The molecule has 1 atom stereocenters. The second-order valence-electron chi connectivity index (χ2n) is 3.79. The van der Waals surface area contributed by atoms with E-state index in [9.17, 15) is 0 Å². The van der Waals surface area contributed by atoms with Crippen molar-refractivity contribution < 1.29 is 0 Å². The van der Waals surface area contributed by atoms with Crippen LogP contribution in [0.25, 0.3) is 0 Å². The molecule has 17 heavy (non-hydrogen) atoms. The molecule has 0 amide bonds. The maximum absolute atomic E-state index is 4.68. The van der Waals surface area contributed by atoms with Crippen LogP contribution >= 0.6 is 46.1 Å². The van der Waals surface area contributed by atoms with Crippen LogP contribution in [0.4, 0.5) is 5.82 Å². The lowest BCUT2D eigenvalue weighted by molar-refractivity contribution is 0.895. The molecule has 0 bridgehead atoms. The third kappa shape index (κ3) is 3.41. The van der Waals surface area contributed by atoms with Gasteiger partial charge in [0, 0.05) is 23.8 Å². The Morgan fingerprint density at radius 3 is 2.88 bits per heavy atom. The Morgan fingerprint density at radius 2 is 2.24 bits per heavy atom. The number of thioether (sulfide) groups is 2. The van der Waals surface area contributed by atoms with Crippen LogP contribution in [-0.2, 0) is 0 Å². The highest BCUT2D eigenvalue weighted by Gasteiger charge is 2.21. The quantitative estimate of drug-likeness (QED) is 0.813. The van der Waals surface area contributed by atoms with Crippen LogP contribution in [0.2, 0.25) is 0 Å². The summed E-state index contributed by atoms with van der Waals surface area (Å²) in [6.45, 7) is 5.06. The van der Waals surface area contributed by atoms with Crippen molar-refractivity contribution >= 4 is 51.9 Å². The van der Waals surface area contributed by atoms with Gasteiger partial charge in [-0.3, -0.25) is 0 Å². The fourth-order valence-corrected chi connectivity index (χ4v) is 4.68. The van der Waals surface area contributed by atoms with Gasteiger partial charge in [-0.2, -0.15) is 11.8 Å². The number of aromatic nitrogens is 2. The molecule has 1 N–H and O–H groups in total. The topological polar surface area (TPSA) is 37.8 Å². The van der Waals surface area contributed by atoms with E-state index in [-0.39, 0.29) is 0 Å². The Hall–Kier alpha value is 0.310. The van der Waals surface area contributed by atoms with E-state index in [2.05, 4.69) is 51.7 Å². The smallest absolute Gasteiger partial charge is 0.144 e. The SMILES string of the molecule is CCNc1nc(C2CSCCS2)nc(C)c1I. The highest BCUT2D eigenvalue weighted by molar-refractivity contribution is 14.1. The van der Waals surface area contributed by atoms with Gasteiger partial charge in [0.15, 0.2) is 0 Å². The zero-order chi connectivity index (χ0) is 12.3. The Kier molecular flexibility index (Phi) is 5.23. The molecule has 0 aromatic carbocycles. The van der Waals surface area contributed by atoms with Crippen molar-refractivity contribution in [3.8, 4) is 0 Å². The van der Waals surface area contributed by atoms with Crippen LogP contribution in [-0.4, -0.2) is 33.8 Å². The average molecular weight is 381 g/mol. The van der Waals surface area contributed by atoms with E-state index >= 15 is 0 Å². The van der Waals surface area contributed by atoms with E-state index in [0.29, 0.717) is 5.25 Å². The maximum atomic E-state index is 4.68. The van der Waals surface area contributed by atoms with E-state index in [1.165, 1.54) is 11.5 Å². The number of nitrogens with zero attached hydrogens (tertiary/aromatic N) is 2. The van der Waals surface area contributed by atoms with Gasteiger partial charge in [0.1, 0.15) is 11.6 Å². The predicted molar refractivity (Wildman–Crippen MR) is 86.2 cm³/mol. The number of rotatable bonds is 3. The number of hydrogen-bond donors (Lipinski definition) is 1. The standard InChI is InChI=1S/C11H16IN3S2/c1-3-13-11-9(12)7(2)14-10(15-11)8-6-16-4-5-17-8/h8H,3-6H2,1-2H3,(H,13,14,15). The first kappa shape index (κ1) is 13.7. The van der Waals surface area contributed by atoms with Crippen LogP contribution in [0.15, 0.2) is 0 Å². The van der Waals surface area contributed by atoms with Crippen molar-refractivity contribution in [2.24, 2.45) is 0 Å².